The van der Waals surface area contributed by atoms with Crippen LogP contribution in [-0.2, 0) is 17.5 Å². The molecule has 0 fully saturated rings. The average molecular weight is 369 g/mol. The molecular formula is C15H14F3N5O3. The number of benzene rings is 1. The minimum absolute atomic E-state index is 0.0736. The van der Waals surface area contributed by atoms with E-state index in [1.165, 1.54) is 19.2 Å². The first-order valence-corrected chi connectivity index (χ1v) is 7.52. The molecule has 1 amide bonds. The predicted octanol–water partition coefficient (Wildman–Crippen LogP) is 1.86. The maximum Gasteiger partial charge on any atom is 0.449 e. The van der Waals surface area contributed by atoms with Crippen LogP contribution in [0.5, 0.6) is 0 Å². The molecule has 0 radical (unpaired) electrons. The summed E-state index contributed by atoms with van der Waals surface area (Å²) in [5, 5.41) is 6.05. The molecule has 11 heteroatoms. The van der Waals surface area contributed by atoms with Crippen molar-refractivity contribution in [1.82, 2.24) is 25.0 Å². The van der Waals surface area contributed by atoms with Crippen LogP contribution in [-0.4, -0.2) is 45.9 Å². The number of imidazole rings is 1. The maximum atomic E-state index is 13.3. The number of alkyl halides is 3. The Labute approximate surface area is 145 Å². The van der Waals surface area contributed by atoms with Crippen molar-refractivity contribution in [2.45, 2.75) is 12.7 Å². The number of nitrogens with one attached hydrogen (secondary N) is 1. The molecule has 2 heterocycles. The van der Waals surface area contributed by atoms with Gasteiger partial charge in [-0.2, -0.15) is 18.2 Å². The van der Waals surface area contributed by atoms with Crippen molar-refractivity contribution in [3.05, 3.63) is 41.8 Å². The third-order valence-electron chi connectivity index (χ3n) is 3.46. The van der Waals surface area contributed by atoms with Crippen molar-refractivity contribution >= 4 is 16.9 Å². The summed E-state index contributed by atoms with van der Waals surface area (Å²) < 4.78 is 50.4. The van der Waals surface area contributed by atoms with E-state index < -0.39 is 17.9 Å². The minimum atomic E-state index is -4.65. The summed E-state index contributed by atoms with van der Waals surface area (Å²) in [5.41, 5.74) is 0.469. The van der Waals surface area contributed by atoms with E-state index in [9.17, 15) is 18.0 Å². The number of hydrogen-bond donors (Lipinski definition) is 1. The van der Waals surface area contributed by atoms with Gasteiger partial charge in [0, 0.05) is 13.7 Å². The number of rotatable bonds is 6. The molecule has 0 spiro atoms. The van der Waals surface area contributed by atoms with E-state index in [-0.39, 0.29) is 35.8 Å². The van der Waals surface area contributed by atoms with Gasteiger partial charge in [0.05, 0.1) is 24.2 Å². The Morgan fingerprint density at radius 2 is 2.08 bits per heavy atom. The van der Waals surface area contributed by atoms with Crippen molar-refractivity contribution in [3.8, 4) is 0 Å². The number of carbonyl (C=O) groups is 1. The van der Waals surface area contributed by atoms with Crippen LogP contribution in [0.1, 0.15) is 22.3 Å². The second kappa shape index (κ2) is 7.12. The first kappa shape index (κ1) is 17.9. The van der Waals surface area contributed by atoms with E-state index in [1.54, 1.807) is 12.1 Å². The van der Waals surface area contributed by atoms with Gasteiger partial charge in [0.25, 0.3) is 0 Å². The number of nitrogens with zero attached hydrogens (tertiary/aromatic N) is 4. The lowest BCUT2D eigenvalue weighted by Gasteiger charge is -2.09. The van der Waals surface area contributed by atoms with E-state index in [2.05, 4.69) is 20.4 Å². The molecule has 26 heavy (non-hydrogen) atoms. The second-order valence-corrected chi connectivity index (χ2v) is 5.27. The highest BCUT2D eigenvalue weighted by Gasteiger charge is 2.37. The zero-order valence-corrected chi connectivity index (χ0v) is 13.6. The van der Waals surface area contributed by atoms with Crippen molar-refractivity contribution in [3.63, 3.8) is 0 Å². The van der Waals surface area contributed by atoms with E-state index in [0.717, 1.165) is 4.57 Å². The lowest BCUT2D eigenvalue weighted by atomic mass is 10.3. The van der Waals surface area contributed by atoms with Gasteiger partial charge in [-0.15, -0.1) is 0 Å². The van der Waals surface area contributed by atoms with Gasteiger partial charge in [0.2, 0.25) is 5.82 Å². The third kappa shape index (κ3) is 3.67. The van der Waals surface area contributed by atoms with Gasteiger partial charge in [-0.3, -0.25) is 4.79 Å². The van der Waals surface area contributed by atoms with E-state index in [4.69, 9.17) is 9.26 Å². The average Bonchev–Trinajstić information content (AvgIpc) is 3.20. The van der Waals surface area contributed by atoms with E-state index in [1.807, 2.05) is 0 Å². The highest BCUT2D eigenvalue weighted by Crippen LogP contribution is 2.31. The number of aromatic nitrogens is 4. The Morgan fingerprint density at radius 1 is 1.31 bits per heavy atom. The van der Waals surface area contributed by atoms with Gasteiger partial charge < -0.3 is 19.1 Å². The molecule has 0 unspecified atom stereocenters. The number of amides is 1. The van der Waals surface area contributed by atoms with E-state index in [0.29, 0.717) is 6.61 Å². The fourth-order valence-electron chi connectivity index (χ4n) is 2.35. The summed E-state index contributed by atoms with van der Waals surface area (Å²) in [7, 11) is 1.48. The van der Waals surface area contributed by atoms with Crippen molar-refractivity contribution in [1.29, 1.82) is 0 Å². The fraction of sp³-hybridized carbons (Fsp3) is 0.333. The van der Waals surface area contributed by atoms with Gasteiger partial charge in [-0.25, -0.2) is 4.98 Å². The molecule has 0 saturated heterocycles. The number of fused-ring (bicyclic) bond motifs is 1. The Balaban J connectivity index is 1.87. The number of halogens is 3. The van der Waals surface area contributed by atoms with Gasteiger partial charge in [-0.1, -0.05) is 17.3 Å². The van der Waals surface area contributed by atoms with Crippen LogP contribution < -0.4 is 5.32 Å². The molecule has 0 bridgehead atoms. The Bertz CT molecular complexity index is 919. The standard InChI is InChI=1S/C15H14F3N5O3/c1-25-7-6-19-12(24)13-21-11(22-26-13)8-23-10-5-3-2-4-9(10)20-14(23)15(16,17)18/h2-5H,6-8H2,1H3,(H,19,24). The van der Waals surface area contributed by atoms with Crippen LogP contribution in [0.15, 0.2) is 28.8 Å². The van der Waals surface area contributed by atoms with Gasteiger partial charge in [0.1, 0.15) is 0 Å². The van der Waals surface area contributed by atoms with Crippen LogP contribution in [0, 0.1) is 0 Å². The fourth-order valence-corrected chi connectivity index (χ4v) is 2.35. The molecule has 3 rings (SSSR count). The van der Waals surface area contributed by atoms with Crippen LogP contribution in [0.2, 0.25) is 0 Å². The molecule has 1 aromatic carbocycles. The van der Waals surface area contributed by atoms with Gasteiger partial charge >= 0.3 is 18.0 Å². The number of carbonyl (C=O) groups excluding carboxylic acids is 1. The van der Waals surface area contributed by atoms with Crippen LogP contribution in [0.25, 0.3) is 11.0 Å². The summed E-state index contributed by atoms with van der Waals surface area (Å²) in [4.78, 5) is 19.3. The van der Waals surface area contributed by atoms with Crippen LogP contribution >= 0.6 is 0 Å². The molecule has 0 aliphatic rings. The predicted molar refractivity (Wildman–Crippen MR) is 82.3 cm³/mol. The molecule has 2 aromatic heterocycles. The van der Waals surface area contributed by atoms with Gasteiger partial charge in [-0.05, 0) is 12.1 Å². The lowest BCUT2D eigenvalue weighted by Crippen LogP contribution is -2.27. The SMILES string of the molecule is COCCNC(=O)c1nc(Cn2c(C(F)(F)F)nc3ccccc32)no1. The normalized spacial score (nSPS) is 11.8. The molecule has 138 valence electrons. The van der Waals surface area contributed by atoms with E-state index >= 15 is 0 Å². The van der Waals surface area contributed by atoms with Gasteiger partial charge in [0.15, 0.2) is 5.82 Å². The lowest BCUT2D eigenvalue weighted by molar-refractivity contribution is -0.146. The topological polar surface area (TPSA) is 95.1 Å². The Hall–Kier alpha value is -2.95. The molecule has 0 aliphatic heterocycles. The second-order valence-electron chi connectivity index (χ2n) is 5.27. The first-order valence-electron chi connectivity index (χ1n) is 7.52. The van der Waals surface area contributed by atoms with Crippen molar-refractivity contribution in [2.24, 2.45) is 0 Å². The van der Waals surface area contributed by atoms with Crippen LogP contribution in [0.3, 0.4) is 0 Å². The quantitative estimate of drug-likeness (QED) is 0.667. The molecule has 8 nitrogen and oxygen atoms in total. The van der Waals surface area contributed by atoms with Crippen molar-refractivity contribution in [2.75, 3.05) is 20.3 Å². The first-order chi connectivity index (χ1) is 12.4. The molecule has 0 aliphatic carbocycles. The maximum absolute atomic E-state index is 13.3. The number of methoxy groups -OCH3 is 1. The zero-order valence-electron chi connectivity index (χ0n) is 13.6. The van der Waals surface area contributed by atoms with Crippen molar-refractivity contribution < 1.29 is 27.2 Å². The summed E-state index contributed by atoms with van der Waals surface area (Å²) >= 11 is 0. The summed E-state index contributed by atoms with van der Waals surface area (Å²) in [6.07, 6.45) is -4.65. The third-order valence-corrected chi connectivity index (χ3v) is 3.46. The summed E-state index contributed by atoms with van der Waals surface area (Å²) in [6, 6.07) is 6.18. The molecule has 0 saturated carbocycles. The van der Waals surface area contributed by atoms with Crippen LogP contribution in [0.4, 0.5) is 13.2 Å². The summed E-state index contributed by atoms with van der Waals surface area (Å²) in [5.74, 6) is -2.12. The monoisotopic (exact) mass is 369 g/mol. The molecule has 1 N–H and O–H groups in total. The number of ether oxygens (including phenoxy) is 1. The largest absolute Gasteiger partial charge is 0.449 e. The molecule has 0 atom stereocenters. The molecular weight excluding hydrogens is 355 g/mol. The highest BCUT2D eigenvalue weighted by molar-refractivity contribution is 5.89. The highest BCUT2D eigenvalue weighted by atomic mass is 19.4. The Morgan fingerprint density at radius 3 is 2.81 bits per heavy atom. The molecule has 3 aromatic rings. The Kier molecular flexibility index (Phi) is 4.89. The number of hydrogen-bond acceptors (Lipinski definition) is 6. The smallest absolute Gasteiger partial charge is 0.383 e. The number of para-hydroxylation sites is 2. The minimum Gasteiger partial charge on any atom is -0.383 e. The summed E-state index contributed by atoms with van der Waals surface area (Å²) in [6.45, 7) is 0.185. The zero-order chi connectivity index (χ0) is 18.7.